The molecule has 0 aliphatic heterocycles. The number of nitrogens with zero attached hydrogens (tertiary/aromatic N) is 4. The van der Waals surface area contributed by atoms with Crippen molar-refractivity contribution in [3.8, 4) is 6.19 Å². The number of hydrogen-bond acceptors (Lipinski definition) is 6. The minimum absolute atomic E-state index is 0.482. The van der Waals surface area contributed by atoms with Crippen LogP contribution in [0.4, 0.5) is 10.9 Å². The first-order chi connectivity index (χ1) is 8.69. The highest BCUT2D eigenvalue weighted by molar-refractivity contribution is 7.14. The van der Waals surface area contributed by atoms with E-state index in [4.69, 9.17) is 16.9 Å². The first-order valence-corrected chi connectivity index (χ1v) is 6.37. The van der Waals surface area contributed by atoms with Crippen molar-refractivity contribution in [3.05, 3.63) is 34.4 Å². The van der Waals surface area contributed by atoms with Gasteiger partial charge in [0.2, 0.25) is 0 Å². The molecule has 1 N–H and O–H groups in total. The van der Waals surface area contributed by atoms with Crippen LogP contribution >= 0.6 is 22.9 Å². The summed E-state index contributed by atoms with van der Waals surface area (Å²) in [6.07, 6.45) is 3.58. The molecule has 2 rings (SSSR count). The second-order valence-electron chi connectivity index (χ2n) is 3.59. The zero-order chi connectivity index (χ0) is 13.0. The fourth-order valence-electron chi connectivity index (χ4n) is 1.40. The van der Waals surface area contributed by atoms with Crippen LogP contribution in [0.2, 0.25) is 5.15 Å². The lowest BCUT2D eigenvalue weighted by Gasteiger charge is -2.15. The first-order valence-electron chi connectivity index (χ1n) is 5.11. The van der Waals surface area contributed by atoms with Crippen molar-refractivity contribution in [3.63, 3.8) is 0 Å². The number of halogens is 1. The Morgan fingerprint density at radius 2 is 2.39 bits per heavy atom. The molecular formula is C11H10ClN5S. The normalized spacial score (nSPS) is 9.83. The predicted molar refractivity (Wildman–Crippen MR) is 72.7 cm³/mol. The SMILES string of the molecule is CN(Cc1ccc(Cl)nc1)c1csc(NC#N)n1. The van der Waals surface area contributed by atoms with Gasteiger partial charge >= 0.3 is 0 Å². The summed E-state index contributed by atoms with van der Waals surface area (Å²) in [6, 6.07) is 3.68. The number of aromatic nitrogens is 2. The Hall–Kier alpha value is -1.84. The van der Waals surface area contributed by atoms with Crippen LogP contribution in [0.5, 0.6) is 0 Å². The number of hydrogen-bond donors (Lipinski definition) is 1. The zero-order valence-electron chi connectivity index (χ0n) is 9.59. The standard InChI is InChI=1S/C11H10ClN5S/c1-17(5-8-2-3-9(12)14-4-8)10-6-18-11(16-10)15-7-13/h2-4,6H,5H2,1H3,(H,15,16). The van der Waals surface area contributed by atoms with Gasteiger partial charge in [-0.15, -0.1) is 11.3 Å². The van der Waals surface area contributed by atoms with Gasteiger partial charge < -0.3 is 4.90 Å². The van der Waals surface area contributed by atoms with Crippen molar-refractivity contribution >= 4 is 33.9 Å². The van der Waals surface area contributed by atoms with Crippen LogP contribution < -0.4 is 10.2 Å². The van der Waals surface area contributed by atoms with Gasteiger partial charge in [-0.1, -0.05) is 17.7 Å². The van der Waals surface area contributed by atoms with Crippen LogP contribution in [-0.2, 0) is 6.54 Å². The molecule has 2 aromatic rings. The summed E-state index contributed by atoms with van der Waals surface area (Å²) in [5.41, 5.74) is 1.05. The molecule has 7 heteroatoms. The van der Waals surface area contributed by atoms with Crippen molar-refractivity contribution < 1.29 is 0 Å². The van der Waals surface area contributed by atoms with Crippen LogP contribution in [-0.4, -0.2) is 17.0 Å². The van der Waals surface area contributed by atoms with Crippen molar-refractivity contribution in [2.45, 2.75) is 6.54 Å². The molecule has 0 saturated carbocycles. The highest BCUT2D eigenvalue weighted by Gasteiger charge is 2.07. The van der Waals surface area contributed by atoms with Crippen molar-refractivity contribution in [2.75, 3.05) is 17.3 Å². The van der Waals surface area contributed by atoms with Gasteiger partial charge in [-0.3, -0.25) is 5.32 Å². The van der Waals surface area contributed by atoms with Gasteiger partial charge in [0.15, 0.2) is 11.3 Å². The Morgan fingerprint density at radius 3 is 3.06 bits per heavy atom. The minimum Gasteiger partial charge on any atom is -0.355 e. The van der Waals surface area contributed by atoms with E-state index in [-0.39, 0.29) is 0 Å². The van der Waals surface area contributed by atoms with Gasteiger partial charge in [0.25, 0.3) is 0 Å². The quantitative estimate of drug-likeness (QED) is 0.530. The van der Waals surface area contributed by atoms with Gasteiger partial charge in [0.05, 0.1) is 0 Å². The number of rotatable bonds is 4. The highest BCUT2D eigenvalue weighted by Crippen LogP contribution is 2.22. The van der Waals surface area contributed by atoms with E-state index in [0.717, 1.165) is 11.4 Å². The molecule has 0 aliphatic rings. The second-order valence-corrected chi connectivity index (χ2v) is 4.84. The molecule has 0 radical (unpaired) electrons. The Morgan fingerprint density at radius 1 is 1.56 bits per heavy atom. The molecule has 2 aromatic heterocycles. The van der Waals surface area contributed by atoms with E-state index in [9.17, 15) is 0 Å². The van der Waals surface area contributed by atoms with E-state index in [1.165, 1.54) is 11.3 Å². The lowest BCUT2D eigenvalue weighted by atomic mass is 10.3. The topological polar surface area (TPSA) is 64.8 Å². The maximum absolute atomic E-state index is 8.50. The van der Waals surface area contributed by atoms with Gasteiger partial charge in [0, 0.05) is 25.2 Å². The van der Waals surface area contributed by atoms with Crippen LogP contribution in [0.3, 0.4) is 0 Å². The molecule has 0 saturated heterocycles. The number of thiazole rings is 1. The summed E-state index contributed by atoms with van der Waals surface area (Å²) in [4.78, 5) is 10.3. The summed E-state index contributed by atoms with van der Waals surface area (Å²) < 4.78 is 0. The van der Waals surface area contributed by atoms with Crippen LogP contribution in [0, 0.1) is 11.5 Å². The molecule has 0 spiro atoms. The van der Waals surface area contributed by atoms with E-state index in [2.05, 4.69) is 15.3 Å². The van der Waals surface area contributed by atoms with Crippen molar-refractivity contribution in [2.24, 2.45) is 0 Å². The Kier molecular flexibility index (Phi) is 3.97. The molecule has 0 aromatic carbocycles. The molecule has 0 aliphatic carbocycles. The number of nitriles is 1. The van der Waals surface area contributed by atoms with Gasteiger partial charge in [-0.25, -0.2) is 9.97 Å². The number of pyridine rings is 1. The van der Waals surface area contributed by atoms with Crippen LogP contribution in [0.15, 0.2) is 23.7 Å². The molecule has 18 heavy (non-hydrogen) atoms. The first kappa shape index (κ1) is 12.6. The van der Waals surface area contributed by atoms with Crippen LogP contribution in [0.1, 0.15) is 5.56 Å². The lowest BCUT2D eigenvalue weighted by Crippen LogP contribution is -2.16. The molecule has 92 valence electrons. The van der Waals surface area contributed by atoms with Crippen molar-refractivity contribution in [1.82, 2.24) is 9.97 Å². The van der Waals surface area contributed by atoms with Crippen molar-refractivity contribution in [1.29, 1.82) is 5.26 Å². The van der Waals surface area contributed by atoms with Gasteiger partial charge in [0.1, 0.15) is 11.0 Å². The molecule has 0 atom stereocenters. The molecule has 0 bridgehead atoms. The Bertz CT molecular complexity index is 560. The summed E-state index contributed by atoms with van der Waals surface area (Å²) in [6.45, 7) is 0.680. The molecule has 0 unspecified atom stereocenters. The molecule has 0 amide bonds. The lowest BCUT2D eigenvalue weighted by molar-refractivity contribution is 0.898. The maximum Gasteiger partial charge on any atom is 0.197 e. The molecule has 2 heterocycles. The molecule has 5 nitrogen and oxygen atoms in total. The van der Waals surface area contributed by atoms with Gasteiger partial charge in [-0.2, -0.15) is 5.26 Å². The summed E-state index contributed by atoms with van der Waals surface area (Å²) >= 11 is 7.12. The van der Waals surface area contributed by atoms with E-state index < -0.39 is 0 Å². The monoisotopic (exact) mass is 279 g/mol. The summed E-state index contributed by atoms with van der Waals surface area (Å²) in [7, 11) is 1.93. The zero-order valence-corrected chi connectivity index (χ0v) is 11.2. The predicted octanol–water partition coefficient (Wildman–Crippen LogP) is 2.72. The Labute approximate surface area is 114 Å². The smallest absolute Gasteiger partial charge is 0.197 e. The van der Waals surface area contributed by atoms with E-state index in [1.54, 1.807) is 12.3 Å². The van der Waals surface area contributed by atoms with E-state index in [0.29, 0.717) is 16.8 Å². The number of anilines is 2. The van der Waals surface area contributed by atoms with Crippen LogP contribution in [0.25, 0.3) is 0 Å². The van der Waals surface area contributed by atoms with E-state index >= 15 is 0 Å². The van der Waals surface area contributed by atoms with E-state index in [1.807, 2.05) is 29.6 Å². The Balaban J connectivity index is 2.04. The third-order valence-electron chi connectivity index (χ3n) is 2.25. The average Bonchev–Trinajstić information content (AvgIpc) is 2.81. The third kappa shape index (κ3) is 3.09. The summed E-state index contributed by atoms with van der Waals surface area (Å²) in [5.74, 6) is 0.813. The molecular weight excluding hydrogens is 270 g/mol. The fraction of sp³-hybridized carbons (Fsp3) is 0.182. The largest absolute Gasteiger partial charge is 0.355 e. The summed E-state index contributed by atoms with van der Waals surface area (Å²) in [5, 5.41) is 14.0. The average molecular weight is 280 g/mol. The second kappa shape index (κ2) is 5.67. The number of nitrogens with one attached hydrogen (secondary N) is 1. The highest BCUT2D eigenvalue weighted by atomic mass is 35.5. The molecule has 0 fully saturated rings. The third-order valence-corrected chi connectivity index (χ3v) is 3.22. The maximum atomic E-state index is 8.50. The fourth-order valence-corrected chi connectivity index (χ4v) is 2.21. The van der Waals surface area contributed by atoms with Gasteiger partial charge in [-0.05, 0) is 11.6 Å². The minimum atomic E-state index is 0.482.